The van der Waals surface area contributed by atoms with Crippen LogP contribution in [-0.4, -0.2) is 15.7 Å². The predicted molar refractivity (Wildman–Crippen MR) is 81.4 cm³/mol. The average Bonchev–Trinajstić information content (AvgIpc) is 2.70. The highest BCUT2D eigenvalue weighted by molar-refractivity contribution is 5.95. The van der Waals surface area contributed by atoms with Crippen LogP contribution in [0, 0.1) is 17.3 Å². The van der Waals surface area contributed by atoms with Crippen molar-refractivity contribution in [3.8, 4) is 0 Å². The highest BCUT2D eigenvalue weighted by Crippen LogP contribution is 2.59. The first-order valence-corrected chi connectivity index (χ1v) is 7.24. The summed E-state index contributed by atoms with van der Waals surface area (Å²) < 4.78 is 1.84. The van der Waals surface area contributed by atoms with Crippen molar-refractivity contribution in [1.82, 2.24) is 9.78 Å². The molecule has 0 bridgehead atoms. The van der Waals surface area contributed by atoms with E-state index < -0.39 is 0 Å². The second-order valence-corrected chi connectivity index (χ2v) is 6.81. The maximum absolute atomic E-state index is 12.5. The molecule has 1 aliphatic carbocycles. The van der Waals surface area contributed by atoms with Crippen LogP contribution in [-0.2, 0) is 4.79 Å². The summed E-state index contributed by atoms with van der Waals surface area (Å²) in [5.74, 6) is 1.26. The minimum Gasteiger partial charge on any atom is -0.311 e. The van der Waals surface area contributed by atoms with Gasteiger partial charge in [0.05, 0.1) is 12.1 Å². The fraction of sp³-hybridized carbons (Fsp3) is 0.625. The molecule has 4 nitrogen and oxygen atoms in total. The third kappa shape index (κ3) is 2.65. The number of aromatic nitrogens is 2. The number of hydrogen-bond donors (Lipinski definition) is 1. The number of nitrogens with zero attached hydrogens (tertiary/aromatic N) is 2. The molecule has 1 aliphatic rings. The fourth-order valence-corrected chi connectivity index (χ4v) is 2.88. The van der Waals surface area contributed by atoms with Crippen molar-refractivity contribution < 1.29 is 4.79 Å². The van der Waals surface area contributed by atoms with Crippen LogP contribution in [0.15, 0.2) is 23.9 Å². The molecule has 0 saturated heterocycles. The molecule has 1 N–H and O–H groups in total. The van der Waals surface area contributed by atoms with E-state index in [-0.39, 0.29) is 23.3 Å². The lowest BCUT2D eigenvalue weighted by atomic mass is 10.1. The second-order valence-electron chi connectivity index (χ2n) is 6.81. The molecule has 0 aliphatic heterocycles. The Kier molecular flexibility index (Phi) is 3.76. The van der Waals surface area contributed by atoms with Crippen LogP contribution in [0.3, 0.4) is 0 Å². The van der Waals surface area contributed by atoms with Crippen molar-refractivity contribution in [3.05, 3.63) is 23.9 Å². The minimum atomic E-state index is 0.0457. The molecule has 2 unspecified atom stereocenters. The third-order valence-electron chi connectivity index (χ3n) is 4.12. The van der Waals surface area contributed by atoms with Crippen molar-refractivity contribution in [2.75, 3.05) is 5.32 Å². The largest absolute Gasteiger partial charge is 0.311 e. The molecule has 1 fully saturated rings. The van der Waals surface area contributed by atoms with Crippen LogP contribution in [0.4, 0.5) is 5.82 Å². The quantitative estimate of drug-likeness (QED) is 0.853. The number of nitrogens with one attached hydrogen (secondary N) is 1. The van der Waals surface area contributed by atoms with Crippen LogP contribution in [0.25, 0.3) is 0 Å². The molecular formula is C16H25N3O. The lowest BCUT2D eigenvalue weighted by Crippen LogP contribution is -2.20. The molecule has 20 heavy (non-hydrogen) atoms. The standard InChI is InChI=1S/C16H25N3O/c1-10(2)9-12-14(16(12,5)6)15(20)18-13-7-8-17-19(13)11(3)4/h7-9,11-12,14H,1-6H3,(H,18,20). The Morgan fingerprint density at radius 2 is 2.10 bits per heavy atom. The van der Waals surface area contributed by atoms with Gasteiger partial charge in [0.1, 0.15) is 5.82 Å². The number of carbonyl (C=O) groups excluding carboxylic acids is 1. The molecule has 1 amide bonds. The lowest BCUT2D eigenvalue weighted by Gasteiger charge is -2.12. The Morgan fingerprint density at radius 3 is 2.65 bits per heavy atom. The molecule has 4 heteroatoms. The normalized spacial score (nSPS) is 23.6. The number of rotatable bonds is 4. The summed E-state index contributed by atoms with van der Waals surface area (Å²) in [7, 11) is 0. The van der Waals surface area contributed by atoms with E-state index in [0.29, 0.717) is 5.92 Å². The third-order valence-corrected chi connectivity index (χ3v) is 4.12. The van der Waals surface area contributed by atoms with E-state index in [4.69, 9.17) is 0 Å². The van der Waals surface area contributed by atoms with Crippen LogP contribution in [0.1, 0.15) is 47.6 Å². The van der Waals surface area contributed by atoms with E-state index in [1.54, 1.807) is 6.20 Å². The van der Waals surface area contributed by atoms with Crippen LogP contribution in [0.5, 0.6) is 0 Å². The highest BCUT2D eigenvalue weighted by Gasteiger charge is 2.60. The molecule has 1 aromatic rings. The predicted octanol–water partition coefficient (Wildman–Crippen LogP) is 3.64. The summed E-state index contributed by atoms with van der Waals surface area (Å²) in [6, 6.07) is 2.09. The first-order valence-electron chi connectivity index (χ1n) is 7.24. The zero-order valence-corrected chi connectivity index (χ0v) is 13.3. The van der Waals surface area contributed by atoms with E-state index in [1.165, 1.54) is 5.57 Å². The Hall–Kier alpha value is -1.58. The van der Waals surface area contributed by atoms with Crippen molar-refractivity contribution >= 4 is 11.7 Å². The van der Waals surface area contributed by atoms with Crippen LogP contribution < -0.4 is 5.32 Å². The Bertz CT molecular complexity index is 536. The molecule has 1 heterocycles. The van der Waals surface area contributed by atoms with E-state index in [9.17, 15) is 4.79 Å². The van der Waals surface area contributed by atoms with Gasteiger partial charge in [0, 0.05) is 12.1 Å². The molecule has 0 spiro atoms. The zero-order chi connectivity index (χ0) is 15.1. The van der Waals surface area contributed by atoms with E-state index in [1.807, 2.05) is 10.7 Å². The fourth-order valence-electron chi connectivity index (χ4n) is 2.88. The van der Waals surface area contributed by atoms with Gasteiger partial charge in [-0.1, -0.05) is 25.5 Å². The van der Waals surface area contributed by atoms with Gasteiger partial charge < -0.3 is 5.32 Å². The molecule has 0 aromatic carbocycles. The Balaban J connectivity index is 2.10. The zero-order valence-electron chi connectivity index (χ0n) is 13.3. The van der Waals surface area contributed by atoms with Gasteiger partial charge in [-0.15, -0.1) is 0 Å². The molecule has 2 atom stereocenters. The highest BCUT2D eigenvalue weighted by atomic mass is 16.2. The molecule has 110 valence electrons. The van der Waals surface area contributed by atoms with E-state index >= 15 is 0 Å². The molecule has 1 aromatic heterocycles. The summed E-state index contributed by atoms with van der Waals surface area (Å²) >= 11 is 0. The number of anilines is 1. The minimum absolute atomic E-state index is 0.0457. The second kappa shape index (κ2) is 5.08. The van der Waals surface area contributed by atoms with Gasteiger partial charge >= 0.3 is 0 Å². The molecule has 2 rings (SSSR count). The average molecular weight is 275 g/mol. The summed E-state index contributed by atoms with van der Waals surface area (Å²) in [6.45, 7) is 12.6. The van der Waals surface area contributed by atoms with Crippen molar-refractivity contribution in [2.24, 2.45) is 17.3 Å². The van der Waals surface area contributed by atoms with Crippen molar-refractivity contribution in [3.63, 3.8) is 0 Å². The van der Waals surface area contributed by atoms with Gasteiger partial charge in [0.25, 0.3) is 0 Å². The van der Waals surface area contributed by atoms with Crippen LogP contribution >= 0.6 is 0 Å². The first-order chi connectivity index (χ1) is 9.25. The topological polar surface area (TPSA) is 46.9 Å². The van der Waals surface area contributed by atoms with Gasteiger partial charge in [-0.25, -0.2) is 4.68 Å². The monoisotopic (exact) mass is 275 g/mol. The Morgan fingerprint density at radius 1 is 1.45 bits per heavy atom. The van der Waals surface area contributed by atoms with Gasteiger partial charge in [-0.05, 0) is 39.0 Å². The SMILES string of the molecule is CC(C)=CC1C(C(=O)Nc2ccnn2C(C)C)C1(C)C. The van der Waals surface area contributed by atoms with E-state index in [2.05, 4.69) is 58.0 Å². The summed E-state index contributed by atoms with van der Waals surface area (Å²) in [6.07, 6.45) is 3.94. The molecule has 0 radical (unpaired) electrons. The Labute approximate surface area is 121 Å². The molecule has 1 saturated carbocycles. The van der Waals surface area contributed by atoms with Crippen LogP contribution in [0.2, 0.25) is 0 Å². The van der Waals surface area contributed by atoms with Gasteiger partial charge in [-0.2, -0.15) is 5.10 Å². The summed E-state index contributed by atoms with van der Waals surface area (Å²) in [5.41, 5.74) is 1.31. The maximum atomic E-state index is 12.5. The first kappa shape index (κ1) is 14.8. The number of allylic oxidation sites excluding steroid dienone is 2. The van der Waals surface area contributed by atoms with Gasteiger partial charge in [0.2, 0.25) is 5.91 Å². The van der Waals surface area contributed by atoms with E-state index in [0.717, 1.165) is 5.82 Å². The number of hydrogen-bond acceptors (Lipinski definition) is 2. The molecular weight excluding hydrogens is 250 g/mol. The number of amides is 1. The number of carbonyl (C=O) groups is 1. The smallest absolute Gasteiger partial charge is 0.229 e. The summed E-state index contributed by atoms with van der Waals surface area (Å²) in [5, 5.41) is 7.27. The van der Waals surface area contributed by atoms with Crippen molar-refractivity contribution in [1.29, 1.82) is 0 Å². The summed E-state index contributed by atoms with van der Waals surface area (Å²) in [4.78, 5) is 12.5. The van der Waals surface area contributed by atoms with Crippen molar-refractivity contribution in [2.45, 2.75) is 47.6 Å². The lowest BCUT2D eigenvalue weighted by molar-refractivity contribution is -0.118. The van der Waals surface area contributed by atoms with Gasteiger partial charge in [-0.3, -0.25) is 4.79 Å². The van der Waals surface area contributed by atoms with Gasteiger partial charge in [0.15, 0.2) is 0 Å². The maximum Gasteiger partial charge on any atom is 0.229 e.